The van der Waals surface area contributed by atoms with Crippen molar-refractivity contribution in [3.63, 3.8) is 0 Å². The van der Waals surface area contributed by atoms with Gasteiger partial charge in [0.1, 0.15) is 0 Å². The number of nitrogens with one attached hydrogen (secondary N) is 1. The molecule has 0 bridgehead atoms. The summed E-state index contributed by atoms with van der Waals surface area (Å²) in [5.41, 5.74) is 1.40. The summed E-state index contributed by atoms with van der Waals surface area (Å²) in [5, 5.41) is 3.56. The summed E-state index contributed by atoms with van der Waals surface area (Å²) in [7, 11) is 1.78. The molecule has 1 aromatic carbocycles. The van der Waals surface area contributed by atoms with Crippen LogP contribution in [0.4, 0.5) is 0 Å². The van der Waals surface area contributed by atoms with Crippen molar-refractivity contribution in [2.75, 3.05) is 13.7 Å². The van der Waals surface area contributed by atoms with E-state index in [-0.39, 0.29) is 5.60 Å². The molecule has 2 nitrogen and oxygen atoms in total. The Labute approximate surface area is 112 Å². The highest BCUT2D eigenvalue weighted by atomic mass is 16.5. The maximum Gasteiger partial charge on any atom is 0.0634 e. The Bertz CT molecular complexity index is 321. The Kier molecular flexibility index (Phi) is 6.37. The molecule has 0 saturated carbocycles. The van der Waals surface area contributed by atoms with Crippen LogP contribution in [0.1, 0.15) is 39.2 Å². The molecule has 1 atom stereocenters. The molecule has 0 aliphatic rings. The lowest BCUT2D eigenvalue weighted by Gasteiger charge is -2.24. The first kappa shape index (κ1) is 15.2. The summed E-state index contributed by atoms with van der Waals surface area (Å²) in [6, 6.07) is 11.2. The van der Waals surface area contributed by atoms with Crippen molar-refractivity contribution in [2.24, 2.45) is 0 Å². The van der Waals surface area contributed by atoms with E-state index in [2.05, 4.69) is 56.4 Å². The van der Waals surface area contributed by atoms with E-state index in [1.54, 1.807) is 7.11 Å². The fourth-order valence-electron chi connectivity index (χ4n) is 1.85. The lowest BCUT2D eigenvalue weighted by Crippen LogP contribution is -2.33. The molecule has 1 N–H and O–H groups in total. The Morgan fingerprint density at radius 3 is 2.50 bits per heavy atom. The average Bonchev–Trinajstić information content (AvgIpc) is 2.37. The first-order chi connectivity index (χ1) is 8.53. The Morgan fingerprint density at radius 2 is 1.89 bits per heavy atom. The van der Waals surface area contributed by atoms with Crippen molar-refractivity contribution in [1.29, 1.82) is 0 Å². The van der Waals surface area contributed by atoms with E-state index in [9.17, 15) is 0 Å². The Morgan fingerprint density at radius 1 is 1.22 bits per heavy atom. The molecule has 0 heterocycles. The molecule has 0 fully saturated rings. The molecule has 1 aromatic rings. The molecule has 0 saturated heterocycles. The third-order valence-corrected chi connectivity index (χ3v) is 3.48. The molecule has 0 aromatic heterocycles. The summed E-state index contributed by atoms with van der Waals surface area (Å²) >= 11 is 0. The molecular formula is C16H27NO. The van der Waals surface area contributed by atoms with Gasteiger partial charge in [0.25, 0.3) is 0 Å². The van der Waals surface area contributed by atoms with E-state index in [4.69, 9.17) is 4.74 Å². The number of benzene rings is 1. The number of ether oxygens (including phenoxy) is 1. The van der Waals surface area contributed by atoms with Crippen molar-refractivity contribution in [2.45, 2.75) is 51.7 Å². The van der Waals surface area contributed by atoms with Gasteiger partial charge in [0.05, 0.1) is 5.60 Å². The van der Waals surface area contributed by atoms with Gasteiger partial charge in [-0.05, 0) is 52.1 Å². The van der Waals surface area contributed by atoms with Gasteiger partial charge in [-0.3, -0.25) is 0 Å². The van der Waals surface area contributed by atoms with Crippen LogP contribution in [0.25, 0.3) is 0 Å². The molecule has 1 rings (SSSR count). The van der Waals surface area contributed by atoms with Gasteiger partial charge in [0.2, 0.25) is 0 Å². The van der Waals surface area contributed by atoms with Gasteiger partial charge < -0.3 is 10.1 Å². The van der Waals surface area contributed by atoms with Gasteiger partial charge in [0.15, 0.2) is 0 Å². The molecule has 0 radical (unpaired) electrons. The number of rotatable bonds is 8. The fourth-order valence-corrected chi connectivity index (χ4v) is 1.85. The van der Waals surface area contributed by atoms with Crippen LogP contribution in [0.2, 0.25) is 0 Å². The topological polar surface area (TPSA) is 21.3 Å². The molecule has 0 aliphatic heterocycles. The minimum absolute atomic E-state index is 0.0217. The highest BCUT2D eigenvalue weighted by molar-refractivity contribution is 5.14. The fraction of sp³-hybridized carbons (Fsp3) is 0.625. The van der Waals surface area contributed by atoms with Crippen LogP contribution in [0.5, 0.6) is 0 Å². The minimum Gasteiger partial charge on any atom is -0.379 e. The molecule has 102 valence electrons. The van der Waals surface area contributed by atoms with Gasteiger partial charge in [-0.2, -0.15) is 0 Å². The lowest BCUT2D eigenvalue weighted by atomic mass is 10.0. The maximum absolute atomic E-state index is 5.41. The predicted octanol–water partition coefficient (Wildman–Crippen LogP) is 3.41. The smallest absolute Gasteiger partial charge is 0.0634 e. The average molecular weight is 249 g/mol. The minimum atomic E-state index is -0.0217. The monoisotopic (exact) mass is 249 g/mol. The first-order valence-corrected chi connectivity index (χ1v) is 6.86. The molecule has 0 aliphatic carbocycles. The standard InChI is InChI=1S/C16H27NO/c1-14(17-13-12-16(2,3)18-4)10-11-15-8-6-5-7-9-15/h5-9,14,17H,10-13H2,1-4H3. The van der Waals surface area contributed by atoms with E-state index in [0.29, 0.717) is 6.04 Å². The third kappa shape index (κ3) is 6.18. The molecule has 0 spiro atoms. The second-order valence-electron chi connectivity index (χ2n) is 5.59. The van der Waals surface area contributed by atoms with Crippen molar-refractivity contribution in [3.05, 3.63) is 35.9 Å². The van der Waals surface area contributed by atoms with Gasteiger partial charge >= 0.3 is 0 Å². The zero-order valence-electron chi connectivity index (χ0n) is 12.2. The third-order valence-electron chi connectivity index (χ3n) is 3.48. The summed E-state index contributed by atoms with van der Waals surface area (Å²) in [6.07, 6.45) is 3.36. The second kappa shape index (κ2) is 7.55. The zero-order valence-corrected chi connectivity index (χ0v) is 12.2. The maximum atomic E-state index is 5.41. The normalized spacial score (nSPS) is 13.6. The summed E-state index contributed by atoms with van der Waals surface area (Å²) in [4.78, 5) is 0. The number of hydrogen-bond acceptors (Lipinski definition) is 2. The first-order valence-electron chi connectivity index (χ1n) is 6.86. The van der Waals surface area contributed by atoms with E-state index in [1.807, 2.05) is 0 Å². The SMILES string of the molecule is COC(C)(C)CCNC(C)CCc1ccccc1. The van der Waals surface area contributed by atoms with E-state index >= 15 is 0 Å². The van der Waals surface area contributed by atoms with Crippen LogP contribution < -0.4 is 5.32 Å². The van der Waals surface area contributed by atoms with Crippen LogP contribution in [0, 0.1) is 0 Å². The van der Waals surface area contributed by atoms with Crippen molar-refractivity contribution in [3.8, 4) is 0 Å². The van der Waals surface area contributed by atoms with E-state index in [0.717, 1.165) is 19.4 Å². The molecule has 1 unspecified atom stereocenters. The highest BCUT2D eigenvalue weighted by Crippen LogP contribution is 2.12. The van der Waals surface area contributed by atoms with Crippen LogP contribution >= 0.6 is 0 Å². The van der Waals surface area contributed by atoms with Gasteiger partial charge in [-0.15, -0.1) is 0 Å². The molecule has 2 heteroatoms. The number of hydrogen-bond donors (Lipinski definition) is 1. The Balaban J connectivity index is 2.16. The molecular weight excluding hydrogens is 222 g/mol. The van der Waals surface area contributed by atoms with E-state index < -0.39 is 0 Å². The second-order valence-corrected chi connectivity index (χ2v) is 5.59. The largest absolute Gasteiger partial charge is 0.379 e. The van der Waals surface area contributed by atoms with Crippen LogP contribution in [-0.4, -0.2) is 25.3 Å². The van der Waals surface area contributed by atoms with Gasteiger partial charge in [-0.1, -0.05) is 30.3 Å². The van der Waals surface area contributed by atoms with Crippen LogP contribution in [-0.2, 0) is 11.2 Å². The highest BCUT2D eigenvalue weighted by Gasteiger charge is 2.15. The van der Waals surface area contributed by atoms with Crippen molar-refractivity contribution >= 4 is 0 Å². The van der Waals surface area contributed by atoms with Crippen LogP contribution in [0.3, 0.4) is 0 Å². The van der Waals surface area contributed by atoms with Gasteiger partial charge in [0, 0.05) is 13.2 Å². The number of methoxy groups -OCH3 is 1. The Hall–Kier alpha value is -0.860. The van der Waals surface area contributed by atoms with Crippen LogP contribution in [0.15, 0.2) is 30.3 Å². The summed E-state index contributed by atoms with van der Waals surface area (Å²) < 4.78 is 5.41. The summed E-state index contributed by atoms with van der Waals surface area (Å²) in [5.74, 6) is 0. The van der Waals surface area contributed by atoms with Crippen molar-refractivity contribution in [1.82, 2.24) is 5.32 Å². The molecule has 18 heavy (non-hydrogen) atoms. The lowest BCUT2D eigenvalue weighted by molar-refractivity contribution is 0.0154. The predicted molar refractivity (Wildman–Crippen MR) is 77.9 cm³/mol. The van der Waals surface area contributed by atoms with Crippen molar-refractivity contribution < 1.29 is 4.74 Å². The zero-order chi connectivity index (χ0) is 13.4. The quantitative estimate of drug-likeness (QED) is 0.762. The summed E-state index contributed by atoms with van der Waals surface area (Å²) in [6.45, 7) is 7.52. The number of aryl methyl sites for hydroxylation is 1. The molecule has 0 amide bonds. The van der Waals surface area contributed by atoms with E-state index in [1.165, 1.54) is 12.0 Å². The van der Waals surface area contributed by atoms with Gasteiger partial charge in [-0.25, -0.2) is 0 Å².